The van der Waals surface area contributed by atoms with E-state index >= 15 is 0 Å². The quantitative estimate of drug-likeness (QED) is 0.769. The van der Waals surface area contributed by atoms with Gasteiger partial charge in [-0.25, -0.2) is 0 Å². The lowest BCUT2D eigenvalue weighted by Crippen LogP contribution is -2.57. The van der Waals surface area contributed by atoms with Gasteiger partial charge >= 0.3 is 0 Å². The summed E-state index contributed by atoms with van der Waals surface area (Å²) in [7, 11) is 0. The number of piperidine rings is 3. The van der Waals surface area contributed by atoms with Crippen LogP contribution < -0.4 is 11.1 Å². The molecule has 0 radical (unpaired) electrons. The van der Waals surface area contributed by atoms with E-state index in [1.165, 1.54) is 25.9 Å². The molecule has 4 heterocycles. The van der Waals surface area contributed by atoms with Crippen molar-refractivity contribution in [2.45, 2.75) is 25.4 Å². The number of carbonyl (C=O) groups is 1. The molecular formula is C12H19N5O. The summed E-state index contributed by atoms with van der Waals surface area (Å²) in [6.45, 7) is 3.62. The summed E-state index contributed by atoms with van der Waals surface area (Å²) >= 11 is 0. The number of nitrogens with one attached hydrogen (secondary N) is 1. The Hall–Kier alpha value is -1.56. The molecule has 3 N–H and O–H groups in total. The summed E-state index contributed by atoms with van der Waals surface area (Å²) < 4.78 is 1.58. The summed E-state index contributed by atoms with van der Waals surface area (Å²) in [5.41, 5.74) is 5.52. The second kappa shape index (κ2) is 4.61. The minimum absolute atomic E-state index is 0.0249. The van der Waals surface area contributed by atoms with Gasteiger partial charge in [0.2, 0.25) is 5.91 Å². The zero-order valence-electron chi connectivity index (χ0n) is 10.4. The van der Waals surface area contributed by atoms with Crippen LogP contribution in [0.3, 0.4) is 0 Å². The Labute approximate surface area is 106 Å². The largest absolute Gasteiger partial charge is 0.382 e. The van der Waals surface area contributed by atoms with E-state index in [0.29, 0.717) is 17.8 Å². The number of carbonyl (C=O) groups excluding carboxylic acids is 1. The van der Waals surface area contributed by atoms with E-state index in [1.807, 2.05) is 0 Å². The molecule has 1 unspecified atom stereocenters. The second-order valence-electron chi connectivity index (χ2n) is 5.25. The summed E-state index contributed by atoms with van der Waals surface area (Å²) in [5, 5.41) is 7.14. The third kappa shape index (κ3) is 2.33. The van der Waals surface area contributed by atoms with Crippen molar-refractivity contribution in [3.8, 4) is 0 Å². The number of anilines is 1. The van der Waals surface area contributed by atoms with Crippen molar-refractivity contribution in [3.63, 3.8) is 0 Å². The van der Waals surface area contributed by atoms with E-state index in [1.54, 1.807) is 16.9 Å². The number of aromatic nitrogens is 2. The Morgan fingerprint density at radius 2 is 2.28 bits per heavy atom. The second-order valence-corrected chi connectivity index (χ2v) is 5.25. The highest BCUT2D eigenvalue weighted by atomic mass is 16.2. The van der Waals surface area contributed by atoms with Gasteiger partial charge in [-0.15, -0.1) is 0 Å². The van der Waals surface area contributed by atoms with Crippen molar-refractivity contribution in [1.82, 2.24) is 20.0 Å². The third-order valence-corrected chi connectivity index (χ3v) is 3.97. The summed E-state index contributed by atoms with van der Waals surface area (Å²) in [5.74, 6) is 1.13. The third-order valence-electron chi connectivity index (χ3n) is 3.97. The molecule has 0 saturated carbocycles. The van der Waals surface area contributed by atoms with Crippen LogP contribution in [0.4, 0.5) is 5.82 Å². The molecule has 1 amide bonds. The number of nitrogen functional groups attached to an aromatic ring is 1. The van der Waals surface area contributed by atoms with Crippen molar-refractivity contribution in [3.05, 3.63) is 12.3 Å². The van der Waals surface area contributed by atoms with Crippen LogP contribution in [0.2, 0.25) is 0 Å². The van der Waals surface area contributed by atoms with Crippen LogP contribution in [-0.2, 0) is 11.3 Å². The van der Waals surface area contributed by atoms with E-state index in [0.717, 1.165) is 6.54 Å². The Morgan fingerprint density at radius 3 is 2.83 bits per heavy atom. The minimum Gasteiger partial charge on any atom is -0.382 e. The van der Waals surface area contributed by atoms with Crippen LogP contribution in [0.5, 0.6) is 0 Å². The molecule has 6 nitrogen and oxygen atoms in total. The number of nitrogens with zero attached hydrogens (tertiary/aromatic N) is 3. The average Bonchev–Trinajstić information content (AvgIpc) is 2.76. The first-order chi connectivity index (χ1) is 8.70. The number of rotatable bonds is 3. The number of hydrogen-bond donors (Lipinski definition) is 2. The van der Waals surface area contributed by atoms with Gasteiger partial charge in [-0.2, -0.15) is 5.10 Å². The highest BCUT2D eigenvalue weighted by molar-refractivity contribution is 5.76. The standard InChI is InChI=1S/C12H19N5O/c13-11-3-6-17(15-11)8-12(18)14-10-7-16-4-1-9(10)2-5-16/h3,6,9-10H,1-2,4-5,7-8H2,(H2,13,15)(H,14,18). The smallest absolute Gasteiger partial charge is 0.242 e. The molecule has 1 aromatic rings. The molecule has 0 aromatic carbocycles. The molecule has 98 valence electrons. The van der Waals surface area contributed by atoms with E-state index in [9.17, 15) is 4.79 Å². The van der Waals surface area contributed by atoms with E-state index < -0.39 is 0 Å². The van der Waals surface area contributed by atoms with Crippen molar-refractivity contribution in [2.75, 3.05) is 25.4 Å². The van der Waals surface area contributed by atoms with Gasteiger partial charge in [0.05, 0.1) is 0 Å². The molecule has 0 aliphatic carbocycles. The molecule has 3 aliphatic rings. The maximum atomic E-state index is 11.9. The van der Waals surface area contributed by atoms with Crippen LogP contribution >= 0.6 is 0 Å². The summed E-state index contributed by atoms with van der Waals surface area (Å²) in [6, 6.07) is 2.01. The first-order valence-electron chi connectivity index (χ1n) is 6.51. The highest BCUT2D eigenvalue weighted by Crippen LogP contribution is 2.27. The Balaban J connectivity index is 1.55. The van der Waals surface area contributed by atoms with Crippen molar-refractivity contribution in [1.29, 1.82) is 0 Å². The molecule has 2 bridgehead atoms. The van der Waals surface area contributed by atoms with Crippen LogP contribution in [0.1, 0.15) is 12.8 Å². The fraction of sp³-hybridized carbons (Fsp3) is 0.667. The predicted molar refractivity (Wildman–Crippen MR) is 67.7 cm³/mol. The topological polar surface area (TPSA) is 76.2 Å². The molecule has 3 fully saturated rings. The SMILES string of the molecule is Nc1ccn(CC(=O)NC2CN3CCC2CC3)n1. The zero-order valence-corrected chi connectivity index (χ0v) is 10.4. The van der Waals surface area contributed by atoms with Crippen molar-refractivity contribution >= 4 is 11.7 Å². The minimum atomic E-state index is 0.0249. The molecule has 3 aliphatic heterocycles. The van der Waals surface area contributed by atoms with Crippen LogP contribution in [-0.4, -0.2) is 46.3 Å². The van der Waals surface area contributed by atoms with Crippen LogP contribution in [0.15, 0.2) is 12.3 Å². The van der Waals surface area contributed by atoms with Gasteiger partial charge in [-0.3, -0.25) is 9.48 Å². The lowest BCUT2D eigenvalue weighted by molar-refractivity contribution is -0.123. The maximum absolute atomic E-state index is 11.9. The van der Waals surface area contributed by atoms with Gasteiger partial charge in [0, 0.05) is 18.8 Å². The van der Waals surface area contributed by atoms with Crippen molar-refractivity contribution in [2.24, 2.45) is 5.92 Å². The molecule has 1 atom stereocenters. The number of amides is 1. The van der Waals surface area contributed by atoms with Gasteiger partial charge < -0.3 is 16.0 Å². The fourth-order valence-electron chi connectivity index (χ4n) is 2.99. The van der Waals surface area contributed by atoms with E-state index in [-0.39, 0.29) is 12.5 Å². The lowest BCUT2D eigenvalue weighted by Gasteiger charge is -2.44. The Morgan fingerprint density at radius 1 is 1.50 bits per heavy atom. The Kier molecular flexibility index (Phi) is 2.95. The van der Waals surface area contributed by atoms with Gasteiger partial charge in [-0.05, 0) is 37.9 Å². The molecule has 3 saturated heterocycles. The first-order valence-corrected chi connectivity index (χ1v) is 6.51. The van der Waals surface area contributed by atoms with Gasteiger partial charge in [0.15, 0.2) is 0 Å². The van der Waals surface area contributed by atoms with Crippen LogP contribution in [0.25, 0.3) is 0 Å². The molecule has 4 rings (SSSR count). The van der Waals surface area contributed by atoms with Gasteiger partial charge in [0.1, 0.15) is 12.4 Å². The monoisotopic (exact) mass is 249 g/mol. The number of hydrogen-bond acceptors (Lipinski definition) is 4. The lowest BCUT2D eigenvalue weighted by atomic mass is 9.84. The molecule has 6 heteroatoms. The first kappa shape index (κ1) is 11.5. The van der Waals surface area contributed by atoms with E-state index in [2.05, 4.69) is 15.3 Å². The van der Waals surface area contributed by atoms with Gasteiger partial charge in [0.25, 0.3) is 0 Å². The molecule has 0 spiro atoms. The summed E-state index contributed by atoms with van der Waals surface area (Å²) in [4.78, 5) is 14.4. The number of nitrogens with two attached hydrogens (primary N) is 1. The summed E-state index contributed by atoms with van der Waals surface area (Å²) in [6.07, 6.45) is 4.14. The molecule has 1 aromatic heterocycles. The predicted octanol–water partition coefficient (Wildman–Crippen LogP) is -0.324. The maximum Gasteiger partial charge on any atom is 0.242 e. The zero-order chi connectivity index (χ0) is 12.5. The van der Waals surface area contributed by atoms with Gasteiger partial charge in [-0.1, -0.05) is 0 Å². The van der Waals surface area contributed by atoms with E-state index in [4.69, 9.17) is 5.73 Å². The van der Waals surface area contributed by atoms with Crippen LogP contribution in [0, 0.1) is 5.92 Å². The number of fused-ring (bicyclic) bond motifs is 3. The average molecular weight is 249 g/mol. The molecule has 18 heavy (non-hydrogen) atoms. The molecular weight excluding hydrogens is 230 g/mol. The fourth-order valence-corrected chi connectivity index (χ4v) is 2.99. The Bertz CT molecular complexity index is 435. The van der Waals surface area contributed by atoms with Crippen molar-refractivity contribution < 1.29 is 4.79 Å². The highest BCUT2D eigenvalue weighted by Gasteiger charge is 2.34. The normalized spacial score (nSPS) is 30.3.